The minimum atomic E-state index is -3.65. The summed E-state index contributed by atoms with van der Waals surface area (Å²) in [7, 11) is -3.65. The Bertz CT molecular complexity index is 943. The fraction of sp³-hybridized carbons (Fsp3) is 0.619. The molecule has 0 saturated carbocycles. The van der Waals surface area contributed by atoms with E-state index in [4.69, 9.17) is 27.4 Å². The highest BCUT2D eigenvalue weighted by Crippen LogP contribution is 2.37. The van der Waals surface area contributed by atoms with Crippen molar-refractivity contribution in [1.29, 1.82) is 0 Å². The summed E-state index contributed by atoms with van der Waals surface area (Å²) < 4.78 is 38.3. The topological polar surface area (TPSA) is 120 Å². The third kappa shape index (κ3) is 6.38. The third-order valence-corrected chi connectivity index (χ3v) is 6.02. The fourth-order valence-electron chi connectivity index (χ4n) is 3.34. The molecule has 1 heterocycles. The first kappa shape index (κ1) is 25.5. The monoisotopic (exact) mass is 471 g/mol. The van der Waals surface area contributed by atoms with E-state index < -0.39 is 33.2 Å². The van der Waals surface area contributed by atoms with Gasteiger partial charge in [-0.3, -0.25) is 0 Å². The Hall–Kier alpha value is -1.75. The van der Waals surface area contributed by atoms with E-state index in [1.165, 1.54) is 0 Å². The molecule has 1 aromatic rings. The van der Waals surface area contributed by atoms with Gasteiger partial charge in [-0.1, -0.05) is 38.0 Å². The smallest absolute Gasteiger partial charge is 0.332 e. The van der Waals surface area contributed by atoms with Crippen molar-refractivity contribution in [3.05, 3.63) is 23.8 Å². The van der Waals surface area contributed by atoms with E-state index in [1.807, 2.05) is 13.8 Å². The molecule has 0 spiro atoms. The van der Waals surface area contributed by atoms with Crippen molar-refractivity contribution >= 4 is 38.9 Å². The number of unbranched alkanes of at least 4 members (excludes halogenated alkanes) is 1. The van der Waals surface area contributed by atoms with Crippen molar-refractivity contribution in [1.82, 2.24) is 4.72 Å². The number of thiocarbonyl (C=S) groups is 1. The summed E-state index contributed by atoms with van der Waals surface area (Å²) in [6.45, 7) is 9.01. The molecular formula is C21H33N3O5S2. The zero-order valence-corrected chi connectivity index (χ0v) is 20.6. The number of hydrogen-bond acceptors (Lipinski definition) is 7. The summed E-state index contributed by atoms with van der Waals surface area (Å²) in [5.41, 5.74) is 5.13. The van der Waals surface area contributed by atoms with Gasteiger partial charge in [-0.15, -0.1) is 0 Å². The largest absolute Gasteiger partial charge is 0.481 e. The minimum Gasteiger partial charge on any atom is -0.481 e. The van der Waals surface area contributed by atoms with E-state index in [-0.39, 0.29) is 6.10 Å². The maximum absolute atomic E-state index is 13.4. The predicted octanol–water partition coefficient (Wildman–Crippen LogP) is 2.81. The summed E-state index contributed by atoms with van der Waals surface area (Å²) in [5, 5.41) is 3.10. The number of sulfonamides is 1. The van der Waals surface area contributed by atoms with Crippen LogP contribution in [0.25, 0.3) is 0 Å². The lowest BCUT2D eigenvalue weighted by Crippen LogP contribution is -2.62. The van der Waals surface area contributed by atoms with Gasteiger partial charge in [0.25, 0.3) is 0 Å². The van der Waals surface area contributed by atoms with Crippen LogP contribution in [0.2, 0.25) is 0 Å². The van der Waals surface area contributed by atoms with Gasteiger partial charge in [0.1, 0.15) is 22.4 Å². The van der Waals surface area contributed by atoms with Gasteiger partial charge in [0.15, 0.2) is 5.54 Å². The van der Waals surface area contributed by atoms with E-state index >= 15 is 0 Å². The Morgan fingerprint density at radius 2 is 2.03 bits per heavy atom. The number of fused-ring (bicyclic) bond motifs is 1. The van der Waals surface area contributed by atoms with Gasteiger partial charge in [0.05, 0.1) is 18.0 Å². The molecule has 31 heavy (non-hydrogen) atoms. The van der Waals surface area contributed by atoms with Gasteiger partial charge in [0.2, 0.25) is 10.0 Å². The highest BCUT2D eigenvalue weighted by atomic mass is 32.2. The number of esters is 1. The minimum absolute atomic E-state index is 0.286. The Balaban J connectivity index is 2.62. The number of carbonyl (C=O) groups excluding carboxylic acids is 1. The van der Waals surface area contributed by atoms with Crippen LogP contribution in [-0.4, -0.2) is 43.4 Å². The van der Waals surface area contributed by atoms with E-state index in [2.05, 4.69) is 10.0 Å². The van der Waals surface area contributed by atoms with Gasteiger partial charge in [-0.25, -0.2) is 17.9 Å². The van der Waals surface area contributed by atoms with Gasteiger partial charge >= 0.3 is 5.97 Å². The number of hydrogen-bond donors (Lipinski definition) is 3. The number of ether oxygens (including phenoxy) is 2. The van der Waals surface area contributed by atoms with Gasteiger partial charge < -0.3 is 20.5 Å². The molecule has 0 radical (unpaired) electrons. The number of carbonyl (C=O) groups is 1. The molecule has 1 aromatic carbocycles. The van der Waals surface area contributed by atoms with Crippen molar-refractivity contribution in [2.45, 2.75) is 77.2 Å². The quantitative estimate of drug-likeness (QED) is 0.391. The molecule has 8 nitrogen and oxygen atoms in total. The fourth-order valence-corrected chi connectivity index (χ4v) is 4.31. The number of nitrogens with two attached hydrogens (primary N) is 1. The van der Waals surface area contributed by atoms with Crippen LogP contribution in [0.4, 0.5) is 5.69 Å². The average Bonchev–Trinajstić information content (AvgIpc) is 2.62. The highest BCUT2D eigenvalue weighted by Gasteiger charge is 2.48. The molecule has 0 aromatic heterocycles. The first-order chi connectivity index (χ1) is 14.2. The molecule has 174 valence electrons. The van der Waals surface area contributed by atoms with Crippen LogP contribution in [0.15, 0.2) is 18.2 Å². The molecule has 0 amide bonds. The Morgan fingerprint density at radius 1 is 1.39 bits per heavy atom. The molecular weight excluding hydrogens is 438 g/mol. The Labute approximate surface area is 190 Å². The number of rotatable bonds is 8. The van der Waals surface area contributed by atoms with Crippen LogP contribution in [0.5, 0.6) is 5.75 Å². The molecule has 3 atom stereocenters. The van der Waals surface area contributed by atoms with Crippen molar-refractivity contribution in [3.8, 4) is 5.75 Å². The second-order valence-electron chi connectivity index (χ2n) is 8.92. The third-order valence-electron chi connectivity index (χ3n) is 4.88. The molecule has 0 fully saturated rings. The zero-order valence-electron chi connectivity index (χ0n) is 18.9. The van der Waals surface area contributed by atoms with Crippen LogP contribution < -0.4 is 20.5 Å². The molecule has 0 aliphatic carbocycles. The molecule has 0 bridgehead atoms. The SMILES string of the molecule is CCCCC(NS(C)(=O)=O)C(N)(C(=O)OC(C)(C)C)c1ccc2c(c1)NC(=S)C(C)O2. The van der Waals surface area contributed by atoms with Crippen LogP contribution in [0.3, 0.4) is 0 Å². The summed E-state index contributed by atoms with van der Waals surface area (Å²) >= 11 is 5.29. The highest BCUT2D eigenvalue weighted by molar-refractivity contribution is 7.88. The van der Waals surface area contributed by atoms with Crippen molar-refractivity contribution in [2.24, 2.45) is 5.73 Å². The summed E-state index contributed by atoms with van der Waals surface area (Å²) in [6, 6.07) is 4.11. The van der Waals surface area contributed by atoms with E-state index in [0.29, 0.717) is 34.8 Å². The molecule has 1 aliphatic heterocycles. The van der Waals surface area contributed by atoms with E-state index in [1.54, 1.807) is 39.0 Å². The first-order valence-electron chi connectivity index (χ1n) is 10.3. The predicted molar refractivity (Wildman–Crippen MR) is 126 cm³/mol. The maximum Gasteiger partial charge on any atom is 0.332 e. The van der Waals surface area contributed by atoms with E-state index in [0.717, 1.165) is 12.7 Å². The summed E-state index contributed by atoms with van der Waals surface area (Å²) in [4.78, 5) is 13.9. The number of benzene rings is 1. The Morgan fingerprint density at radius 3 is 2.58 bits per heavy atom. The Kier molecular flexibility index (Phi) is 7.73. The maximum atomic E-state index is 13.4. The van der Waals surface area contributed by atoms with Crippen LogP contribution in [0, 0.1) is 0 Å². The van der Waals surface area contributed by atoms with E-state index in [9.17, 15) is 13.2 Å². The molecule has 2 rings (SSSR count). The van der Waals surface area contributed by atoms with Crippen LogP contribution >= 0.6 is 12.2 Å². The molecule has 1 aliphatic rings. The molecule has 4 N–H and O–H groups in total. The van der Waals surface area contributed by atoms with Gasteiger partial charge in [0, 0.05) is 0 Å². The lowest BCUT2D eigenvalue weighted by molar-refractivity contribution is -0.163. The second kappa shape index (κ2) is 9.40. The van der Waals surface area contributed by atoms with Crippen LogP contribution in [-0.2, 0) is 25.1 Å². The van der Waals surface area contributed by atoms with Crippen LogP contribution in [0.1, 0.15) is 59.4 Å². The molecule has 10 heteroatoms. The van der Waals surface area contributed by atoms with Crippen molar-refractivity contribution in [2.75, 3.05) is 11.6 Å². The number of anilines is 1. The zero-order chi connectivity index (χ0) is 23.6. The standard InChI is InChI=1S/C21H33N3O5S2/c1-7-8-9-17(24-31(6,26)27)21(22,19(25)29-20(3,4)5)14-10-11-16-15(12-14)23-18(30)13(2)28-16/h10-13,17,24H,7-9,22H2,1-6H3,(H,23,30). The van der Waals surface area contributed by atoms with Crippen molar-refractivity contribution in [3.63, 3.8) is 0 Å². The van der Waals surface area contributed by atoms with Crippen molar-refractivity contribution < 1.29 is 22.7 Å². The van der Waals surface area contributed by atoms with Gasteiger partial charge in [-0.05, 0) is 51.8 Å². The summed E-state index contributed by atoms with van der Waals surface area (Å²) in [6.07, 6.45) is 2.59. The van der Waals surface area contributed by atoms with Gasteiger partial charge in [-0.2, -0.15) is 0 Å². The normalized spacial score (nSPS) is 19.5. The second-order valence-corrected chi connectivity index (χ2v) is 11.1. The molecule has 3 unspecified atom stereocenters. The number of nitrogens with one attached hydrogen (secondary N) is 2. The average molecular weight is 472 g/mol. The summed E-state index contributed by atoms with van der Waals surface area (Å²) in [5.74, 6) is -0.151. The lowest BCUT2D eigenvalue weighted by Gasteiger charge is -2.38. The molecule has 0 saturated heterocycles. The first-order valence-corrected chi connectivity index (χ1v) is 12.6. The lowest BCUT2D eigenvalue weighted by atomic mass is 9.81.